The Hall–Kier alpha value is -1.58. The molecule has 1 aromatic rings. The van der Waals surface area contributed by atoms with E-state index in [0.29, 0.717) is 17.9 Å². The highest BCUT2D eigenvalue weighted by Gasteiger charge is 2.26. The Kier molecular flexibility index (Phi) is 2.34. The standard InChI is InChI=1S/C11H13NO3/c1-12-6-8(5-9(12)11(14)15)10(13)4-7-2-3-7/h5-7H,2-4H2,1H3,(H,14,15). The highest BCUT2D eigenvalue weighted by atomic mass is 16.4. The minimum absolute atomic E-state index is 0.0561. The molecule has 0 aliphatic heterocycles. The SMILES string of the molecule is Cn1cc(C(=O)CC2CC2)cc1C(=O)O. The molecular formula is C11H13NO3. The van der Waals surface area contributed by atoms with E-state index in [1.807, 2.05) is 0 Å². The first kappa shape index (κ1) is 9.96. The van der Waals surface area contributed by atoms with Crippen molar-refractivity contribution in [2.24, 2.45) is 13.0 Å². The number of rotatable bonds is 4. The third-order valence-corrected chi connectivity index (χ3v) is 2.72. The minimum atomic E-state index is -0.997. The van der Waals surface area contributed by atoms with E-state index in [0.717, 1.165) is 12.8 Å². The Morgan fingerprint density at radius 1 is 1.53 bits per heavy atom. The Morgan fingerprint density at radius 2 is 2.20 bits per heavy atom. The number of aryl methyl sites for hydroxylation is 1. The van der Waals surface area contributed by atoms with Gasteiger partial charge in [-0.25, -0.2) is 4.79 Å². The largest absolute Gasteiger partial charge is 0.477 e. The summed E-state index contributed by atoms with van der Waals surface area (Å²) in [6, 6.07) is 1.45. The van der Waals surface area contributed by atoms with Gasteiger partial charge in [0.2, 0.25) is 0 Å². The maximum atomic E-state index is 11.7. The summed E-state index contributed by atoms with van der Waals surface area (Å²) in [5, 5.41) is 8.82. The summed E-state index contributed by atoms with van der Waals surface area (Å²) >= 11 is 0. The molecule has 0 unspecified atom stereocenters. The van der Waals surface area contributed by atoms with Crippen LogP contribution in [0.15, 0.2) is 12.3 Å². The van der Waals surface area contributed by atoms with Crippen molar-refractivity contribution in [3.05, 3.63) is 23.5 Å². The fourth-order valence-corrected chi connectivity index (χ4v) is 1.63. The molecule has 4 nitrogen and oxygen atoms in total. The number of aromatic nitrogens is 1. The van der Waals surface area contributed by atoms with Gasteiger partial charge >= 0.3 is 5.97 Å². The number of carbonyl (C=O) groups excluding carboxylic acids is 1. The van der Waals surface area contributed by atoms with E-state index < -0.39 is 5.97 Å². The van der Waals surface area contributed by atoms with Crippen LogP contribution in [0.25, 0.3) is 0 Å². The van der Waals surface area contributed by atoms with Crippen LogP contribution in [0, 0.1) is 5.92 Å². The molecule has 2 rings (SSSR count). The number of ketones is 1. The molecule has 1 fully saturated rings. The summed E-state index contributed by atoms with van der Waals surface area (Å²) in [5.41, 5.74) is 0.677. The summed E-state index contributed by atoms with van der Waals surface area (Å²) in [6.45, 7) is 0. The lowest BCUT2D eigenvalue weighted by molar-refractivity contribution is 0.0686. The van der Waals surface area contributed by atoms with Gasteiger partial charge in [-0.15, -0.1) is 0 Å². The van der Waals surface area contributed by atoms with E-state index in [4.69, 9.17) is 5.11 Å². The molecule has 0 spiro atoms. The second-order valence-corrected chi connectivity index (χ2v) is 4.10. The zero-order valence-corrected chi connectivity index (χ0v) is 8.56. The first-order valence-electron chi connectivity index (χ1n) is 5.01. The lowest BCUT2D eigenvalue weighted by Gasteiger charge is -1.94. The zero-order chi connectivity index (χ0) is 11.0. The average Bonchev–Trinajstić information content (AvgIpc) is 2.86. The van der Waals surface area contributed by atoms with Crippen LogP contribution in [-0.4, -0.2) is 21.4 Å². The van der Waals surface area contributed by atoms with Crippen molar-refractivity contribution in [3.63, 3.8) is 0 Å². The van der Waals surface area contributed by atoms with E-state index in [2.05, 4.69) is 0 Å². The van der Waals surface area contributed by atoms with E-state index >= 15 is 0 Å². The number of carboxylic acids is 1. The van der Waals surface area contributed by atoms with Crippen LogP contribution < -0.4 is 0 Å². The second-order valence-electron chi connectivity index (χ2n) is 4.10. The molecule has 15 heavy (non-hydrogen) atoms. The van der Waals surface area contributed by atoms with E-state index in [-0.39, 0.29) is 11.5 Å². The molecule has 1 aromatic heterocycles. The van der Waals surface area contributed by atoms with Crippen molar-refractivity contribution in [1.29, 1.82) is 0 Å². The van der Waals surface area contributed by atoms with Crippen molar-refractivity contribution in [2.75, 3.05) is 0 Å². The molecule has 80 valence electrons. The molecule has 0 bridgehead atoms. The van der Waals surface area contributed by atoms with Gasteiger partial charge in [-0.3, -0.25) is 4.79 Å². The molecule has 1 heterocycles. The molecule has 0 atom stereocenters. The third kappa shape index (κ3) is 2.09. The van der Waals surface area contributed by atoms with Gasteiger partial charge in [0.1, 0.15) is 5.69 Å². The van der Waals surface area contributed by atoms with E-state index in [9.17, 15) is 9.59 Å². The first-order chi connectivity index (χ1) is 7.08. The van der Waals surface area contributed by atoms with Gasteiger partial charge in [-0.05, 0) is 24.8 Å². The molecule has 1 aliphatic carbocycles. The normalized spacial score (nSPS) is 15.3. The zero-order valence-electron chi connectivity index (χ0n) is 8.56. The van der Waals surface area contributed by atoms with Gasteiger partial charge in [0.25, 0.3) is 0 Å². The number of hydrogen-bond acceptors (Lipinski definition) is 2. The van der Waals surface area contributed by atoms with Gasteiger partial charge in [0.15, 0.2) is 5.78 Å². The molecule has 0 saturated heterocycles. The minimum Gasteiger partial charge on any atom is -0.477 e. The van der Waals surface area contributed by atoms with Crippen molar-refractivity contribution < 1.29 is 14.7 Å². The quantitative estimate of drug-likeness (QED) is 0.764. The maximum Gasteiger partial charge on any atom is 0.352 e. The van der Waals surface area contributed by atoms with Crippen molar-refractivity contribution >= 4 is 11.8 Å². The van der Waals surface area contributed by atoms with Gasteiger partial charge in [0, 0.05) is 25.2 Å². The summed E-state index contributed by atoms with van der Waals surface area (Å²) in [7, 11) is 1.64. The highest BCUT2D eigenvalue weighted by Crippen LogP contribution is 2.33. The van der Waals surface area contributed by atoms with Gasteiger partial charge in [-0.2, -0.15) is 0 Å². The monoisotopic (exact) mass is 207 g/mol. The molecule has 1 aliphatic rings. The van der Waals surface area contributed by atoms with Crippen molar-refractivity contribution in [2.45, 2.75) is 19.3 Å². The van der Waals surface area contributed by atoms with Crippen LogP contribution in [0.4, 0.5) is 0 Å². The molecule has 0 aromatic carbocycles. The molecule has 1 N–H and O–H groups in total. The van der Waals surface area contributed by atoms with Crippen molar-refractivity contribution in [1.82, 2.24) is 4.57 Å². The van der Waals surface area contributed by atoms with Crippen LogP contribution in [0.1, 0.15) is 40.1 Å². The van der Waals surface area contributed by atoms with Crippen LogP contribution in [0.2, 0.25) is 0 Å². The predicted molar refractivity (Wildman–Crippen MR) is 54.0 cm³/mol. The fraction of sp³-hybridized carbons (Fsp3) is 0.455. The first-order valence-corrected chi connectivity index (χ1v) is 5.01. The lowest BCUT2D eigenvalue weighted by Crippen LogP contribution is -2.02. The number of nitrogens with zero attached hydrogens (tertiary/aromatic N) is 1. The highest BCUT2D eigenvalue weighted by molar-refractivity contribution is 5.99. The van der Waals surface area contributed by atoms with Crippen molar-refractivity contribution in [3.8, 4) is 0 Å². The van der Waals surface area contributed by atoms with Crippen LogP contribution >= 0.6 is 0 Å². The number of aromatic carboxylic acids is 1. The van der Waals surface area contributed by atoms with E-state index in [1.165, 1.54) is 10.6 Å². The van der Waals surface area contributed by atoms with Gasteiger partial charge < -0.3 is 9.67 Å². The van der Waals surface area contributed by atoms with Gasteiger partial charge in [0.05, 0.1) is 0 Å². The molecular weight excluding hydrogens is 194 g/mol. The topological polar surface area (TPSA) is 59.3 Å². The van der Waals surface area contributed by atoms with Gasteiger partial charge in [-0.1, -0.05) is 0 Å². The Morgan fingerprint density at radius 3 is 2.67 bits per heavy atom. The van der Waals surface area contributed by atoms with E-state index in [1.54, 1.807) is 13.2 Å². The molecule has 0 radical (unpaired) electrons. The molecule has 0 amide bonds. The smallest absolute Gasteiger partial charge is 0.352 e. The van der Waals surface area contributed by atoms with Crippen LogP contribution in [-0.2, 0) is 7.05 Å². The molecule has 1 saturated carbocycles. The number of hydrogen-bond donors (Lipinski definition) is 1. The summed E-state index contributed by atoms with van der Waals surface area (Å²) < 4.78 is 1.47. The summed E-state index contributed by atoms with van der Waals surface area (Å²) in [6.07, 6.45) is 4.41. The predicted octanol–water partition coefficient (Wildman–Crippen LogP) is 1.71. The fourth-order valence-electron chi connectivity index (χ4n) is 1.63. The summed E-state index contributed by atoms with van der Waals surface area (Å²) in [4.78, 5) is 22.4. The second kappa shape index (κ2) is 3.53. The average molecular weight is 207 g/mol. The lowest BCUT2D eigenvalue weighted by atomic mass is 10.1. The van der Waals surface area contributed by atoms with Crippen LogP contribution in [0.5, 0.6) is 0 Å². The Bertz CT molecular complexity index is 415. The maximum absolute atomic E-state index is 11.7. The summed E-state index contributed by atoms with van der Waals surface area (Å²) in [5.74, 6) is -0.408. The van der Waals surface area contributed by atoms with Crippen LogP contribution in [0.3, 0.4) is 0 Å². The number of Topliss-reactive ketones (excluding diaryl/α,β-unsaturated/α-hetero) is 1. The Balaban J connectivity index is 2.17. The molecule has 4 heteroatoms. The Labute approximate surface area is 87.5 Å². The third-order valence-electron chi connectivity index (χ3n) is 2.72. The number of carboxylic acid groups (broad SMARTS) is 1. The number of carbonyl (C=O) groups is 2.